The first-order valence-corrected chi connectivity index (χ1v) is 8.07. The second-order valence-corrected chi connectivity index (χ2v) is 5.83. The number of hydrogen-bond acceptors (Lipinski definition) is 4. The van der Waals surface area contributed by atoms with Crippen LogP contribution in [0.3, 0.4) is 0 Å². The number of benzene rings is 1. The largest absolute Gasteiger partial charge is 0.494 e. The van der Waals surface area contributed by atoms with Crippen LogP contribution in [-0.4, -0.2) is 32.7 Å². The van der Waals surface area contributed by atoms with Gasteiger partial charge in [0.15, 0.2) is 5.69 Å². The fraction of sp³-hybridized carbons (Fsp3) is 0.471. The molecule has 0 spiro atoms. The number of aromatic nitrogens is 3. The highest BCUT2D eigenvalue weighted by Crippen LogP contribution is 2.41. The average Bonchev–Trinajstić information content (AvgIpc) is 3.31. The minimum absolute atomic E-state index is 0.101. The van der Waals surface area contributed by atoms with E-state index < -0.39 is 5.97 Å². The van der Waals surface area contributed by atoms with Gasteiger partial charge in [-0.1, -0.05) is 24.3 Å². The molecule has 122 valence electrons. The molecule has 0 atom stereocenters. The monoisotopic (exact) mass is 315 g/mol. The van der Waals surface area contributed by atoms with Gasteiger partial charge in [0.05, 0.1) is 12.3 Å². The van der Waals surface area contributed by atoms with Crippen LogP contribution in [0.15, 0.2) is 24.3 Å². The van der Waals surface area contributed by atoms with Gasteiger partial charge in [-0.2, -0.15) is 0 Å². The Kier molecular flexibility index (Phi) is 4.60. The summed E-state index contributed by atoms with van der Waals surface area (Å²) in [6.07, 6.45) is 3.82. The standard InChI is InChI=1S/C17H21N3O3/c1-2-12-4-8-14(9-5-12)23-11-3-10-20-16(13-6-7-13)15(17(21)22)18-19-20/h4-5,8-9,13H,2-3,6-7,10-11H2,1H3,(H,21,22). The minimum atomic E-state index is -0.995. The molecule has 1 aliphatic rings. The maximum Gasteiger partial charge on any atom is 0.358 e. The zero-order valence-electron chi connectivity index (χ0n) is 13.2. The molecule has 1 aromatic heterocycles. The molecule has 0 bridgehead atoms. The molecule has 23 heavy (non-hydrogen) atoms. The van der Waals surface area contributed by atoms with Gasteiger partial charge >= 0.3 is 5.97 Å². The van der Waals surface area contributed by atoms with Crippen molar-refractivity contribution in [2.24, 2.45) is 0 Å². The van der Waals surface area contributed by atoms with Gasteiger partial charge in [0.1, 0.15) is 5.75 Å². The van der Waals surface area contributed by atoms with Crippen molar-refractivity contribution in [1.82, 2.24) is 15.0 Å². The third-order valence-electron chi connectivity index (χ3n) is 4.05. The van der Waals surface area contributed by atoms with Crippen molar-refractivity contribution in [2.75, 3.05) is 6.61 Å². The van der Waals surface area contributed by atoms with Crippen molar-refractivity contribution in [2.45, 2.75) is 45.1 Å². The molecule has 0 radical (unpaired) electrons. The molecule has 0 unspecified atom stereocenters. The van der Waals surface area contributed by atoms with Crippen molar-refractivity contribution in [3.63, 3.8) is 0 Å². The van der Waals surface area contributed by atoms with E-state index in [2.05, 4.69) is 29.4 Å². The van der Waals surface area contributed by atoms with Gasteiger partial charge in [-0.25, -0.2) is 9.48 Å². The Morgan fingerprint density at radius 2 is 2.09 bits per heavy atom. The Labute approximate surface area is 135 Å². The zero-order chi connectivity index (χ0) is 16.2. The molecule has 1 aromatic carbocycles. The molecular formula is C17H21N3O3. The molecule has 2 aromatic rings. The lowest BCUT2D eigenvalue weighted by Crippen LogP contribution is -2.10. The Morgan fingerprint density at radius 3 is 2.70 bits per heavy atom. The highest BCUT2D eigenvalue weighted by Gasteiger charge is 2.33. The van der Waals surface area contributed by atoms with Crippen LogP contribution in [0.25, 0.3) is 0 Å². The summed E-state index contributed by atoms with van der Waals surface area (Å²) >= 11 is 0. The second kappa shape index (κ2) is 6.81. The Morgan fingerprint density at radius 1 is 1.35 bits per heavy atom. The van der Waals surface area contributed by atoms with Crippen LogP contribution in [0.5, 0.6) is 5.75 Å². The van der Waals surface area contributed by atoms with E-state index in [0.29, 0.717) is 19.1 Å². The van der Waals surface area contributed by atoms with Crippen molar-refractivity contribution < 1.29 is 14.6 Å². The Balaban J connectivity index is 1.53. The van der Waals surface area contributed by atoms with Gasteiger partial charge in [0, 0.05) is 18.9 Å². The lowest BCUT2D eigenvalue weighted by Gasteiger charge is -2.08. The Bertz CT molecular complexity index is 675. The van der Waals surface area contributed by atoms with Crippen LogP contribution in [0, 0.1) is 0 Å². The van der Waals surface area contributed by atoms with Crippen molar-refractivity contribution in [3.8, 4) is 5.75 Å². The maximum atomic E-state index is 11.2. The van der Waals surface area contributed by atoms with Crippen LogP contribution in [0.4, 0.5) is 0 Å². The molecule has 6 nitrogen and oxygen atoms in total. The first-order valence-electron chi connectivity index (χ1n) is 8.07. The number of carboxylic acid groups (broad SMARTS) is 1. The predicted molar refractivity (Wildman–Crippen MR) is 84.9 cm³/mol. The van der Waals surface area contributed by atoms with Crippen LogP contribution >= 0.6 is 0 Å². The average molecular weight is 315 g/mol. The highest BCUT2D eigenvalue weighted by molar-refractivity contribution is 5.86. The summed E-state index contributed by atoms with van der Waals surface area (Å²) in [4.78, 5) is 11.2. The highest BCUT2D eigenvalue weighted by atomic mass is 16.5. The van der Waals surface area contributed by atoms with Crippen LogP contribution in [0.2, 0.25) is 0 Å². The summed E-state index contributed by atoms with van der Waals surface area (Å²) in [7, 11) is 0. The first kappa shape index (κ1) is 15.5. The minimum Gasteiger partial charge on any atom is -0.494 e. The van der Waals surface area contributed by atoms with Crippen LogP contribution in [0.1, 0.15) is 53.8 Å². The molecule has 3 rings (SSSR count). The van der Waals surface area contributed by atoms with Crippen molar-refractivity contribution >= 4 is 5.97 Å². The van der Waals surface area contributed by atoms with Gasteiger partial charge in [0.2, 0.25) is 0 Å². The Hall–Kier alpha value is -2.37. The van der Waals surface area contributed by atoms with E-state index in [9.17, 15) is 9.90 Å². The molecular weight excluding hydrogens is 294 g/mol. The van der Waals surface area contributed by atoms with E-state index in [-0.39, 0.29) is 5.69 Å². The molecule has 0 saturated heterocycles. The van der Waals surface area contributed by atoms with E-state index in [1.54, 1.807) is 4.68 Å². The third kappa shape index (κ3) is 3.70. The van der Waals surface area contributed by atoms with Gasteiger partial charge < -0.3 is 9.84 Å². The van der Waals surface area contributed by atoms with E-state index in [1.807, 2.05) is 12.1 Å². The molecule has 0 amide bonds. The molecule has 0 aliphatic heterocycles. The molecule has 1 aliphatic carbocycles. The summed E-state index contributed by atoms with van der Waals surface area (Å²) in [6.45, 7) is 3.31. The first-order chi connectivity index (χ1) is 11.2. The summed E-state index contributed by atoms with van der Waals surface area (Å²) < 4.78 is 7.45. The quantitative estimate of drug-likeness (QED) is 0.758. The van der Waals surface area contributed by atoms with Gasteiger partial charge in [-0.15, -0.1) is 5.10 Å². The topological polar surface area (TPSA) is 77.2 Å². The normalized spacial score (nSPS) is 14.0. The fourth-order valence-corrected chi connectivity index (χ4v) is 2.62. The van der Waals surface area contributed by atoms with Crippen molar-refractivity contribution in [1.29, 1.82) is 0 Å². The lowest BCUT2D eigenvalue weighted by molar-refractivity contribution is 0.0689. The van der Waals surface area contributed by atoms with Gasteiger partial charge in [-0.05, 0) is 37.0 Å². The van der Waals surface area contributed by atoms with Crippen molar-refractivity contribution in [3.05, 3.63) is 41.2 Å². The molecule has 1 fully saturated rings. The molecule has 1 saturated carbocycles. The lowest BCUT2D eigenvalue weighted by atomic mass is 10.2. The van der Waals surface area contributed by atoms with E-state index >= 15 is 0 Å². The number of hydrogen-bond donors (Lipinski definition) is 1. The van der Waals surface area contributed by atoms with E-state index in [1.165, 1.54) is 5.56 Å². The number of ether oxygens (including phenoxy) is 1. The van der Waals surface area contributed by atoms with Crippen LogP contribution < -0.4 is 4.74 Å². The third-order valence-corrected chi connectivity index (χ3v) is 4.05. The van der Waals surface area contributed by atoms with Gasteiger partial charge in [-0.3, -0.25) is 0 Å². The fourth-order valence-electron chi connectivity index (χ4n) is 2.62. The summed E-state index contributed by atoms with van der Waals surface area (Å²) in [5.74, 6) is 0.165. The smallest absolute Gasteiger partial charge is 0.358 e. The second-order valence-electron chi connectivity index (χ2n) is 5.83. The van der Waals surface area contributed by atoms with Crippen LogP contribution in [-0.2, 0) is 13.0 Å². The van der Waals surface area contributed by atoms with E-state index in [0.717, 1.165) is 37.1 Å². The van der Waals surface area contributed by atoms with Gasteiger partial charge in [0.25, 0.3) is 0 Å². The van der Waals surface area contributed by atoms with E-state index in [4.69, 9.17) is 4.74 Å². The number of aryl methyl sites for hydroxylation is 2. The summed E-state index contributed by atoms with van der Waals surface area (Å²) in [5, 5.41) is 17.0. The summed E-state index contributed by atoms with van der Waals surface area (Å²) in [5.41, 5.74) is 2.16. The molecule has 1 N–H and O–H groups in total. The number of carbonyl (C=O) groups is 1. The number of rotatable bonds is 8. The number of aromatic carboxylic acids is 1. The predicted octanol–water partition coefficient (Wildman–Crippen LogP) is 2.89. The molecule has 1 heterocycles. The maximum absolute atomic E-state index is 11.2. The summed E-state index contributed by atoms with van der Waals surface area (Å²) in [6, 6.07) is 8.09. The number of carboxylic acids is 1. The SMILES string of the molecule is CCc1ccc(OCCCn2nnc(C(=O)O)c2C2CC2)cc1. The molecule has 6 heteroatoms. The zero-order valence-corrected chi connectivity index (χ0v) is 13.2. The number of nitrogens with zero attached hydrogens (tertiary/aromatic N) is 3.